The molecule has 6 heterocycles. The van der Waals surface area contributed by atoms with Gasteiger partial charge in [-0.2, -0.15) is 0 Å². The van der Waals surface area contributed by atoms with Crippen molar-refractivity contribution in [3.63, 3.8) is 0 Å². The summed E-state index contributed by atoms with van der Waals surface area (Å²) in [5, 5.41) is 68.3. The maximum absolute atomic E-state index is 13.2. The molecule has 0 saturated carbocycles. The molecule has 0 unspecified atom stereocenters. The Bertz CT molecular complexity index is 3110. The van der Waals surface area contributed by atoms with E-state index in [-0.39, 0.29) is 54.2 Å². The molecule has 2 aliphatic rings. The van der Waals surface area contributed by atoms with Crippen molar-refractivity contribution >= 4 is 43.6 Å². The van der Waals surface area contributed by atoms with Gasteiger partial charge in [0, 0.05) is 19.6 Å². The third-order valence-electron chi connectivity index (χ3n) is 13.7. The molecule has 0 spiro atoms. The van der Waals surface area contributed by atoms with Crippen molar-refractivity contribution in [1.82, 2.24) is 60.6 Å². The first kappa shape index (κ1) is 61.6. The SMILES string of the molecule is COc1cc2c(cc1C(=O)Nc1cccc(-c3nnnn3[C@H](C)CO)n1)CN(C(=O)C[C@H](C)O)CC2.COc1cc2c(cc1C(=O)Nc1cccc(-c3nnnn3[C@H](C)CO[Si](C)(C)C(C)(C)C)n1)CNCC2.C[C@H](O)CC(=O)O. The number of ether oxygens (including phenoxy) is 2. The van der Waals surface area contributed by atoms with Crippen molar-refractivity contribution < 1.29 is 53.5 Å². The molecule has 26 heteroatoms. The lowest BCUT2D eigenvalue weighted by Crippen LogP contribution is -2.42. The van der Waals surface area contributed by atoms with Crippen molar-refractivity contribution in [2.24, 2.45) is 0 Å². The highest BCUT2D eigenvalue weighted by Gasteiger charge is 2.38. The van der Waals surface area contributed by atoms with E-state index in [2.05, 4.69) is 90.8 Å². The van der Waals surface area contributed by atoms with Crippen LogP contribution < -0.4 is 25.4 Å². The molecule has 0 fully saturated rings. The maximum atomic E-state index is 13.2. The topological polar surface area (TPSA) is 329 Å². The van der Waals surface area contributed by atoms with E-state index in [0.29, 0.717) is 77.6 Å². The maximum Gasteiger partial charge on any atom is 0.305 e. The number of carboxylic acids is 1. The third-order valence-corrected chi connectivity index (χ3v) is 18.2. The molecule has 2 aromatic carbocycles. The van der Waals surface area contributed by atoms with E-state index in [1.54, 1.807) is 60.9 Å². The van der Waals surface area contributed by atoms with Crippen molar-refractivity contribution in [2.75, 3.05) is 51.2 Å². The standard InChI is InChI=1S/C26H37N7O3Si.C24H29N7O5.C4H8O3/c1-17(16-36-37(6,7)26(2,3)4)33-24(30-31-32-33)21-9-8-10-23(28-21)29-25(34)20-13-19-15-27-12-11-18(19)14-22(20)35-5;1-14(13-32)31-23(27-28-29-31)19-5-4-6-21(25-19)26-24(35)18-10-17-12-30(22(34)9-15(2)33)8-7-16(17)11-20(18)36-3;1-3(5)2-4(6)7/h8-10,13-14,17,27H,11-12,15-16H2,1-7H3,(H,28,29,34);4-6,10-11,14-15,32-33H,7-9,12-13H2,1-3H3,(H,25,26,35);3,5H,2H2,1H3,(H,6,7)/t17-;14-,15+;3-/m110/s1. The molecule has 4 atom stereocenters. The number of hydrogen-bond acceptors (Lipinski definition) is 19. The van der Waals surface area contributed by atoms with Crippen molar-refractivity contribution in [1.29, 1.82) is 0 Å². The zero-order valence-corrected chi connectivity index (χ0v) is 48.2. The quantitative estimate of drug-likeness (QED) is 0.0539. The molecular formula is C54H74N14O11Si. The minimum Gasteiger partial charge on any atom is -0.496 e. The van der Waals surface area contributed by atoms with Gasteiger partial charge in [0.1, 0.15) is 34.5 Å². The van der Waals surface area contributed by atoms with Gasteiger partial charge in [-0.3, -0.25) is 19.2 Å². The normalized spacial score (nSPS) is 14.6. The number of aliphatic carboxylic acids is 1. The van der Waals surface area contributed by atoms with Crippen LogP contribution in [-0.2, 0) is 39.9 Å². The summed E-state index contributed by atoms with van der Waals surface area (Å²) in [5.74, 6) is 0.742. The fourth-order valence-corrected chi connectivity index (χ4v) is 9.36. The molecule has 7 N–H and O–H groups in total. The number of nitrogens with zero attached hydrogens (tertiary/aromatic N) is 11. The van der Waals surface area contributed by atoms with E-state index in [9.17, 15) is 29.4 Å². The Kier molecular flexibility index (Phi) is 21.2. The Morgan fingerprint density at radius 3 is 1.71 bits per heavy atom. The van der Waals surface area contributed by atoms with Gasteiger partial charge in [0.15, 0.2) is 8.32 Å². The molecule has 8 rings (SSSR count). The fourth-order valence-electron chi connectivity index (χ4n) is 8.27. The second-order valence-electron chi connectivity index (χ2n) is 21.2. The van der Waals surface area contributed by atoms with Crippen LogP contribution in [-0.4, -0.2) is 160 Å². The predicted octanol–water partition coefficient (Wildman–Crippen LogP) is 5.27. The summed E-state index contributed by atoms with van der Waals surface area (Å²) in [5.41, 5.74) is 5.94. The number of rotatable bonds is 18. The number of aromatic nitrogens is 10. The molecule has 6 aromatic rings. The lowest BCUT2D eigenvalue weighted by molar-refractivity contribution is -0.139. The molecular weight excluding hydrogens is 1050 g/mol. The summed E-state index contributed by atoms with van der Waals surface area (Å²) in [4.78, 5) is 59.3. The summed E-state index contributed by atoms with van der Waals surface area (Å²) in [7, 11) is 1.17. The lowest BCUT2D eigenvalue weighted by atomic mass is 9.95. The Balaban J connectivity index is 0.000000231. The average molecular weight is 1120 g/mol. The van der Waals surface area contributed by atoms with Gasteiger partial charge in [-0.25, -0.2) is 19.3 Å². The Labute approximate surface area is 465 Å². The number of carbonyl (C=O) groups is 4. The van der Waals surface area contributed by atoms with Crippen LogP contribution in [0, 0.1) is 0 Å². The number of carboxylic acid groups (broad SMARTS) is 1. The van der Waals surface area contributed by atoms with Gasteiger partial charge in [0.2, 0.25) is 17.6 Å². The number of hydrogen-bond donors (Lipinski definition) is 7. The number of aliphatic hydroxyl groups is 3. The molecule has 25 nitrogen and oxygen atoms in total. The summed E-state index contributed by atoms with van der Waals surface area (Å²) < 4.78 is 20.6. The number of carbonyl (C=O) groups excluding carboxylic acids is 3. The molecule has 0 bridgehead atoms. The van der Waals surface area contributed by atoms with Crippen molar-refractivity contribution in [2.45, 2.75) is 130 Å². The first-order valence-electron chi connectivity index (χ1n) is 26.3. The molecule has 80 heavy (non-hydrogen) atoms. The first-order chi connectivity index (χ1) is 37.9. The van der Waals surface area contributed by atoms with Crippen LogP contribution in [0.5, 0.6) is 11.5 Å². The van der Waals surface area contributed by atoms with E-state index >= 15 is 0 Å². The summed E-state index contributed by atoms with van der Waals surface area (Å²) in [6.45, 7) is 20.8. The van der Waals surface area contributed by atoms with Crippen LogP contribution in [0.3, 0.4) is 0 Å². The van der Waals surface area contributed by atoms with Gasteiger partial charge in [0.25, 0.3) is 11.8 Å². The highest BCUT2D eigenvalue weighted by atomic mass is 28.4. The molecule has 2 aliphatic heterocycles. The minimum atomic E-state index is -1.91. The molecule has 430 valence electrons. The fraction of sp³-hybridized carbons (Fsp3) is 0.481. The number of methoxy groups -OCH3 is 2. The summed E-state index contributed by atoms with van der Waals surface area (Å²) in [6.07, 6.45) is -0.00995. The lowest BCUT2D eigenvalue weighted by Gasteiger charge is -2.36. The highest BCUT2D eigenvalue weighted by Crippen LogP contribution is 2.37. The van der Waals surface area contributed by atoms with Crippen molar-refractivity contribution in [3.05, 3.63) is 94.0 Å². The van der Waals surface area contributed by atoms with Crippen LogP contribution in [0.1, 0.15) is 116 Å². The van der Waals surface area contributed by atoms with E-state index in [4.69, 9.17) is 24.1 Å². The Morgan fingerprint density at radius 2 is 1.24 bits per heavy atom. The Hall–Kier alpha value is -7.62. The van der Waals surface area contributed by atoms with E-state index < -0.39 is 32.4 Å². The van der Waals surface area contributed by atoms with Gasteiger partial charge in [-0.1, -0.05) is 32.9 Å². The molecule has 0 saturated heterocycles. The monoisotopic (exact) mass is 1120 g/mol. The van der Waals surface area contributed by atoms with Gasteiger partial charge >= 0.3 is 5.97 Å². The number of nitrogens with one attached hydrogen (secondary N) is 3. The second kappa shape index (κ2) is 27.5. The predicted molar refractivity (Wildman–Crippen MR) is 298 cm³/mol. The number of tetrazole rings is 2. The molecule has 4 aromatic heterocycles. The molecule has 0 radical (unpaired) electrons. The van der Waals surface area contributed by atoms with Crippen LogP contribution in [0.15, 0.2) is 60.7 Å². The highest BCUT2D eigenvalue weighted by molar-refractivity contribution is 6.74. The second-order valence-corrected chi connectivity index (χ2v) is 26.0. The minimum absolute atomic E-state index is 0.0567. The number of anilines is 2. The Morgan fingerprint density at radius 1 is 0.725 bits per heavy atom. The zero-order chi connectivity index (χ0) is 58.5. The largest absolute Gasteiger partial charge is 0.496 e. The number of pyridine rings is 2. The van der Waals surface area contributed by atoms with Crippen molar-refractivity contribution in [3.8, 4) is 34.5 Å². The third kappa shape index (κ3) is 16.0. The van der Waals surface area contributed by atoms with Crippen LogP contribution in [0.4, 0.5) is 11.6 Å². The molecule has 3 amide bonds. The van der Waals surface area contributed by atoms with Gasteiger partial charge < -0.3 is 55.2 Å². The van der Waals surface area contributed by atoms with Crippen LogP contribution in [0.2, 0.25) is 18.1 Å². The number of benzene rings is 2. The van der Waals surface area contributed by atoms with Gasteiger partial charge in [0.05, 0.1) is 75.7 Å². The first-order valence-corrected chi connectivity index (χ1v) is 29.2. The van der Waals surface area contributed by atoms with Crippen LogP contribution in [0.25, 0.3) is 23.0 Å². The molecule has 0 aliphatic carbocycles. The average Bonchev–Trinajstić information content (AvgIpc) is 4.15. The number of aliphatic hydroxyl groups excluding tert-OH is 3. The summed E-state index contributed by atoms with van der Waals surface area (Å²) >= 11 is 0. The van der Waals surface area contributed by atoms with Gasteiger partial charge in [-0.05, 0) is 157 Å². The number of amides is 3. The van der Waals surface area contributed by atoms with Gasteiger partial charge in [-0.15, -0.1) is 10.2 Å². The zero-order valence-electron chi connectivity index (χ0n) is 47.2. The van der Waals surface area contributed by atoms with E-state index in [1.165, 1.54) is 24.3 Å². The smallest absolute Gasteiger partial charge is 0.305 e. The number of fused-ring (bicyclic) bond motifs is 2. The van der Waals surface area contributed by atoms with E-state index in [0.717, 1.165) is 36.2 Å². The van der Waals surface area contributed by atoms with Crippen LogP contribution >= 0.6 is 0 Å². The summed E-state index contributed by atoms with van der Waals surface area (Å²) in [6, 6.07) is 17.4. The van der Waals surface area contributed by atoms with E-state index in [1.807, 2.05) is 37.3 Å².